The molecule has 0 aliphatic carbocycles. The number of carbonyl (C=O) groups is 1. The van der Waals surface area contributed by atoms with Crippen LogP contribution in [0.3, 0.4) is 0 Å². The highest BCUT2D eigenvalue weighted by atomic mass is 79.9. The Hall–Kier alpha value is -2.34. The molecule has 1 heterocycles. The number of amides is 1. The van der Waals surface area contributed by atoms with Gasteiger partial charge >= 0.3 is 0 Å². The van der Waals surface area contributed by atoms with Gasteiger partial charge in [0.25, 0.3) is 5.91 Å². The van der Waals surface area contributed by atoms with Crippen LogP contribution in [-0.2, 0) is 13.0 Å². The number of methoxy groups -OCH3 is 1. The summed E-state index contributed by atoms with van der Waals surface area (Å²) < 4.78 is 5.76. The number of halogens is 1. The first-order valence-corrected chi connectivity index (χ1v) is 8.67. The summed E-state index contributed by atoms with van der Waals surface area (Å²) in [7, 11) is 1.57. The highest BCUT2D eigenvalue weighted by Gasteiger charge is 2.16. The molecular weight excluding hydrogens is 384 g/mol. The molecule has 0 saturated heterocycles. The topological polar surface area (TPSA) is 71.5 Å². The Morgan fingerprint density at radius 1 is 1.48 bits per heavy atom. The van der Waals surface area contributed by atoms with Crippen LogP contribution in [0.15, 0.2) is 41.4 Å². The molecule has 0 spiro atoms. The SMILES string of the molecule is C=CCCc1cc(C)nc(OC)c1CNC(=O)c1cccc(O)c1Br. The second kappa shape index (κ2) is 8.67. The lowest BCUT2D eigenvalue weighted by atomic mass is 10.0. The molecule has 25 heavy (non-hydrogen) atoms. The highest BCUT2D eigenvalue weighted by molar-refractivity contribution is 9.10. The first-order valence-electron chi connectivity index (χ1n) is 7.87. The molecule has 0 unspecified atom stereocenters. The van der Waals surface area contributed by atoms with Crippen molar-refractivity contribution < 1.29 is 14.6 Å². The molecule has 0 bridgehead atoms. The van der Waals surface area contributed by atoms with Crippen molar-refractivity contribution in [2.75, 3.05) is 7.11 Å². The van der Waals surface area contributed by atoms with Gasteiger partial charge < -0.3 is 15.2 Å². The third-order valence-corrected chi connectivity index (χ3v) is 4.60. The van der Waals surface area contributed by atoms with E-state index >= 15 is 0 Å². The van der Waals surface area contributed by atoms with E-state index in [4.69, 9.17) is 4.74 Å². The van der Waals surface area contributed by atoms with E-state index in [1.807, 2.05) is 19.1 Å². The fourth-order valence-corrected chi connectivity index (χ4v) is 2.98. The Balaban J connectivity index is 2.25. The van der Waals surface area contributed by atoms with Gasteiger partial charge in [-0.05, 0) is 59.5 Å². The van der Waals surface area contributed by atoms with Crippen LogP contribution in [0.2, 0.25) is 0 Å². The number of carbonyl (C=O) groups excluding carboxylic acids is 1. The largest absolute Gasteiger partial charge is 0.507 e. The van der Waals surface area contributed by atoms with Crippen molar-refractivity contribution in [1.82, 2.24) is 10.3 Å². The van der Waals surface area contributed by atoms with E-state index < -0.39 is 0 Å². The van der Waals surface area contributed by atoms with Gasteiger partial charge in [-0.2, -0.15) is 0 Å². The van der Waals surface area contributed by atoms with E-state index in [-0.39, 0.29) is 18.2 Å². The lowest BCUT2D eigenvalue weighted by Crippen LogP contribution is -2.24. The second-order valence-electron chi connectivity index (χ2n) is 5.56. The predicted molar refractivity (Wildman–Crippen MR) is 101 cm³/mol. The third-order valence-electron chi connectivity index (χ3n) is 3.77. The molecule has 2 aromatic rings. The van der Waals surface area contributed by atoms with Crippen molar-refractivity contribution in [3.05, 3.63) is 63.8 Å². The van der Waals surface area contributed by atoms with Crippen molar-refractivity contribution in [2.24, 2.45) is 0 Å². The van der Waals surface area contributed by atoms with Gasteiger partial charge in [0.2, 0.25) is 5.88 Å². The Morgan fingerprint density at radius 2 is 2.24 bits per heavy atom. The van der Waals surface area contributed by atoms with Gasteiger partial charge in [-0.15, -0.1) is 6.58 Å². The molecule has 0 saturated carbocycles. The van der Waals surface area contributed by atoms with Crippen LogP contribution in [0, 0.1) is 6.92 Å². The Bertz CT molecular complexity index is 790. The number of hydrogen-bond acceptors (Lipinski definition) is 4. The van der Waals surface area contributed by atoms with E-state index in [0.717, 1.165) is 29.7 Å². The summed E-state index contributed by atoms with van der Waals surface area (Å²) in [5.41, 5.74) is 3.15. The molecule has 2 N–H and O–H groups in total. The summed E-state index contributed by atoms with van der Waals surface area (Å²) >= 11 is 3.23. The number of nitrogens with zero attached hydrogens (tertiary/aromatic N) is 1. The summed E-state index contributed by atoms with van der Waals surface area (Å²) in [6.07, 6.45) is 3.48. The van der Waals surface area contributed by atoms with Crippen LogP contribution in [0.5, 0.6) is 11.6 Å². The standard InChI is InChI=1S/C19H21BrN2O3/c1-4-5-7-13-10-12(2)22-19(25-3)15(13)11-21-18(24)14-8-6-9-16(23)17(14)20/h4,6,8-10,23H,1,5,7,11H2,2-3H3,(H,21,24). The van der Waals surface area contributed by atoms with Crippen LogP contribution < -0.4 is 10.1 Å². The first kappa shape index (κ1) is 19.0. The van der Waals surface area contributed by atoms with Crippen molar-refractivity contribution in [1.29, 1.82) is 0 Å². The summed E-state index contributed by atoms with van der Waals surface area (Å²) in [4.78, 5) is 16.8. The van der Waals surface area contributed by atoms with Gasteiger partial charge in [0.05, 0.1) is 17.1 Å². The molecule has 6 heteroatoms. The number of phenolic OH excluding ortho intramolecular Hbond substituents is 1. The molecule has 1 aromatic heterocycles. The predicted octanol–water partition coefficient (Wildman–Crippen LogP) is 3.92. The summed E-state index contributed by atoms with van der Waals surface area (Å²) in [5, 5.41) is 12.6. The lowest BCUT2D eigenvalue weighted by Gasteiger charge is -2.15. The van der Waals surface area contributed by atoms with Gasteiger partial charge in [0, 0.05) is 17.8 Å². The Morgan fingerprint density at radius 3 is 2.92 bits per heavy atom. The van der Waals surface area contributed by atoms with Crippen LogP contribution in [0.4, 0.5) is 0 Å². The molecule has 5 nitrogen and oxygen atoms in total. The zero-order valence-electron chi connectivity index (χ0n) is 14.3. The average molecular weight is 405 g/mol. The first-order chi connectivity index (χ1) is 12.0. The van der Waals surface area contributed by atoms with Gasteiger partial charge in [0.15, 0.2) is 0 Å². The summed E-state index contributed by atoms with van der Waals surface area (Å²) in [6, 6.07) is 6.78. The minimum atomic E-state index is -0.292. The molecule has 0 atom stereocenters. The molecule has 1 amide bonds. The molecule has 132 valence electrons. The van der Waals surface area contributed by atoms with Crippen molar-refractivity contribution in [2.45, 2.75) is 26.3 Å². The number of nitrogens with one attached hydrogen (secondary N) is 1. The maximum absolute atomic E-state index is 12.5. The molecule has 1 aromatic carbocycles. The summed E-state index contributed by atoms with van der Waals surface area (Å²) in [6.45, 7) is 5.95. The van der Waals surface area contributed by atoms with Crippen molar-refractivity contribution in [3.8, 4) is 11.6 Å². The average Bonchev–Trinajstić information content (AvgIpc) is 2.60. The molecule has 0 aliphatic rings. The number of rotatable bonds is 7. The van der Waals surface area contributed by atoms with E-state index in [1.165, 1.54) is 6.07 Å². The molecule has 2 rings (SSSR count). The molecule has 0 aliphatic heterocycles. The molecule has 0 fully saturated rings. The fraction of sp³-hybridized carbons (Fsp3) is 0.263. The Kier molecular flexibility index (Phi) is 6.58. The van der Waals surface area contributed by atoms with E-state index in [0.29, 0.717) is 15.9 Å². The van der Waals surface area contributed by atoms with Crippen LogP contribution in [0.25, 0.3) is 0 Å². The molecule has 0 radical (unpaired) electrons. The minimum Gasteiger partial charge on any atom is -0.507 e. The van der Waals surface area contributed by atoms with Gasteiger partial charge in [-0.25, -0.2) is 4.98 Å². The minimum absolute atomic E-state index is 0.0221. The lowest BCUT2D eigenvalue weighted by molar-refractivity contribution is 0.0949. The van der Waals surface area contributed by atoms with E-state index in [1.54, 1.807) is 19.2 Å². The number of aryl methyl sites for hydroxylation is 2. The quantitative estimate of drug-likeness (QED) is 0.686. The van der Waals surface area contributed by atoms with Crippen LogP contribution in [-0.4, -0.2) is 23.1 Å². The number of aromatic nitrogens is 1. The number of hydrogen-bond donors (Lipinski definition) is 2. The Labute approximate surface area is 155 Å². The maximum Gasteiger partial charge on any atom is 0.252 e. The zero-order valence-corrected chi connectivity index (χ0v) is 15.9. The number of benzene rings is 1. The van der Waals surface area contributed by atoms with Crippen molar-refractivity contribution >= 4 is 21.8 Å². The van der Waals surface area contributed by atoms with Gasteiger partial charge in [-0.1, -0.05) is 12.1 Å². The monoisotopic (exact) mass is 404 g/mol. The van der Waals surface area contributed by atoms with E-state index in [2.05, 4.69) is 32.8 Å². The highest BCUT2D eigenvalue weighted by Crippen LogP contribution is 2.27. The normalized spacial score (nSPS) is 10.4. The van der Waals surface area contributed by atoms with Crippen LogP contribution in [0.1, 0.15) is 33.6 Å². The number of ether oxygens (including phenoxy) is 1. The second-order valence-corrected chi connectivity index (χ2v) is 6.35. The smallest absolute Gasteiger partial charge is 0.252 e. The number of allylic oxidation sites excluding steroid dienone is 1. The zero-order chi connectivity index (χ0) is 18.4. The molecular formula is C19H21BrN2O3. The number of pyridine rings is 1. The number of phenols is 1. The fourth-order valence-electron chi connectivity index (χ4n) is 2.53. The van der Waals surface area contributed by atoms with Crippen molar-refractivity contribution in [3.63, 3.8) is 0 Å². The third kappa shape index (κ3) is 4.60. The number of aromatic hydroxyl groups is 1. The summed E-state index contributed by atoms with van der Waals surface area (Å²) in [5.74, 6) is 0.239. The van der Waals surface area contributed by atoms with Crippen LogP contribution >= 0.6 is 15.9 Å². The van der Waals surface area contributed by atoms with Gasteiger partial charge in [-0.3, -0.25) is 4.79 Å². The van der Waals surface area contributed by atoms with E-state index in [9.17, 15) is 9.90 Å². The maximum atomic E-state index is 12.5. The van der Waals surface area contributed by atoms with Gasteiger partial charge in [0.1, 0.15) is 5.75 Å².